The van der Waals surface area contributed by atoms with E-state index in [1.807, 2.05) is 0 Å². The summed E-state index contributed by atoms with van der Waals surface area (Å²) >= 11 is 0. The highest BCUT2D eigenvalue weighted by atomic mass is 32.2. The molecule has 0 spiro atoms. The topological polar surface area (TPSA) is 76.3 Å². The Labute approximate surface area is 115 Å². The Morgan fingerprint density at radius 3 is 2.70 bits per heavy atom. The van der Waals surface area contributed by atoms with E-state index in [0.29, 0.717) is 19.0 Å². The Balaban J connectivity index is 1.78. The van der Waals surface area contributed by atoms with Gasteiger partial charge in [0.2, 0.25) is 21.7 Å². The molecule has 1 aromatic heterocycles. The maximum Gasteiger partial charge on any atom is 0.232 e. The second-order valence-electron chi connectivity index (χ2n) is 4.71. The van der Waals surface area contributed by atoms with Gasteiger partial charge < -0.3 is 4.52 Å². The number of sulfonamides is 1. The van der Waals surface area contributed by atoms with Crippen LogP contribution in [0.15, 0.2) is 28.8 Å². The summed E-state index contributed by atoms with van der Waals surface area (Å²) in [6, 6.07) is 6.15. The molecule has 0 aliphatic carbocycles. The van der Waals surface area contributed by atoms with Crippen molar-refractivity contribution in [1.29, 1.82) is 0 Å². The molecule has 0 N–H and O–H groups in total. The van der Waals surface area contributed by atoms with Gasteiger partial charge in [0.1, 0.15) is 5.82 Å². The van der Waals surface area contributed by atoms with Gasteiger partial charge in [-0.05, 0) is 12.1 Å². The van der Waals surface area contributed by atoms with Crippen molar-refractivity contribution < 1.29 is 17.3 Å². The molecule has 6 nitrogen and oxygen atoms in total. The van der Waals surface area contributed by atoms with Crippen LogP contribution in [0.3, 0.4) is 0 Å². The molecule has 20 heavy (non-hydrogen) atoms. The highest BCUT2D eigenvalue weighted by Crippen LogP contribution is 2.29. The van der Waals surface area contributed by atoms with E-state index in [4.69, 9.17) is 4.52 Å². The van der Waals surface area contributed by atoms with Crippen LogP contribution in [-0.2, 0) is 10.0 Å². The summed E-state index contributed by atoms with van der Waals surface area (Å²) in [5.74, 6) is -0.0389. The molecule has 1 aliphatic heterocycles. The van der Waals surface area contributed by atoms with Crippen LogP contribution in [0.1, 0.15) is 11.8 Å². The van der Waals surface area contributed by atoms with Gasteiger partial charge in [0, 0.05) is 13.1 Å². The summed E-state index contributed by atoms with van der Waals surface area (Å²) in [6.45, 7) is 0.634. The predicted octanol–water partition coefficient (Wildman–Crippen LogP) is 1.23. The molecule has 106 valence electrons. The van der Waals surface area contributed by atoms with Crippen molar-refractivity contribution in [3.8, 4) is 11.4 Å². The number of hydrogen-bond acceptors (Lipinski definition) is 5. The average Bonchev–Trinajstić information content (AvgIpc) is 2.74. The molecule has 1 aliphatic rings. The number of halogens is 1. The minimum Gasteiger partial charge on any atom is -0.339 e. The molecule has 0 atom stereocenters. The number of benzene rings is 1. The van der Waals surface area contributed by atoms with Crippen LogP contribution in [0.4, 0.5) is 4.39 Å². The lowest BCUT2D eigenvalue weighted by Crippen LogP contribution is -2.47. The zero-order valence-electron chi connectivity index (χ0n) is 10.7. The molecule has 3 rings (SSSR count). The zero-order valence-corrected chi connectivity index (χ0v) is 11.5. The Kier molecular flexibility index (Phi) is 3.06. The first-order valence-corrected chi connectivity index (χ1v) is 7.83. The molecule has 1 fully saturated rings. The van der Waals surface area contributed by atoms with Gasteiger partial charge in [-0.15, -0.1) is 0 Å². The number of aromatic nitrogens is 2. The summed E-state index contributed by atoms with van der Waals surface area (Å²) in [5.41, 5.74) is 0.266. The van der Waals surface area contributed by atoms with Gasteiger partial charge in [0.05, 0.1) is 17.7 Å². The quantitative estimate of drug-likeness (QED) is 0.851. The molecule has 0 radical (unpaired) electrons. The molecule has 0 bridgehead atoms. The number of nitrogens with zero attached hydrogens (tertiary/aromatic N) is 3. The van der Waals surface area contributed by atoms with E-state index >= 15 is 0 Å². The molecule has 2 aromatic rings. The Hall–Kier alpha value is -1.80. The van der Waals surface area contributed by atoms with Crippen molar-refractivity contribution in [3.63, 3.8) is 0 Å². The second kappa shape index (κ2) is 4.64. The average molecular weight is 297 g/mol. The first-order chi connectivity index (χ1) is 9.45. The Morgan fingerprint density at radius 1 is 1.35 bits per heavy atom. The third-order valence-electron chi connectivity index (χ3n) is 3.22. The zero-order chi connectivity index (χ0) is 14.3. The third-order valence-corrected chi connectivity index (χ3v) is 4.46. The molecule has 1 aromatic carbocycles. The smallest absolute Gasteiger partial charge is 0.232 e. The van der Waals surface area contributed by atoms with E-state index in [1.54, 1.807) is 18.2 Å². The normalized spacial score (nSPS) is 17.1. The van der Waals surface area contributed by atoms with E-state index in [-0.39, 0.29) is 17.3 Å². The molecule has 0 unspecified atom stereocenters. The van der Waals surface area contributed by atoms with Crippen LogP contribution >= 0.6 is 0 Å². The minimum atomic E-state index is -3.18. The second-order valence-corrected chi connectivity index (χ2v) is 6.70. The van der Waals surface area contributed by atoms with Crippen LogP contribution in [0.5, 0.6) is 0 Å². The van der Waals surface area contributed by atoms with E-state index in [0.717, 1.165) is 6.26 Å². The van der Waals surface area contributed by atoms with Gasteiger partial charge in [-0.2, -0.15) is 4.98 Å². The van der Waals surface area contributed by atoms with Crippen LogP contribution in [-0.4, -0.2) is 42.2 Å². The summed E-state index contributed by atoms with van der Waals surface area (Å²) in [6.07, 6.45) is 1.15. The van der Waals surface area contributed by atoms with Crippen LogP contribution in [0.25, 0.3) is 11.4 Å². The van der Waals surface area contributed by atoms with Crippen molar-refractivity contribution in [2.75, 3.05) is 19.3 Å². The van der Waals surface area contributed by atoms with Crippen molar-refractivity contribution in [2.24, 2.45) is 0 Å². The Morgan fingerprint density at radius 2 is 2.05 bits per heavy atom. The number of rotatable bonds is 3. The molecule has 0 amide bonds. The summed E-state index contributed by atoms with van der Waals surface area (Å²) in [4.78, 5) is 4.14. The first-order valence-electron chi connectivity index (χ1n) is 5.99. The van der Waals surface area contributed by atoms with Crippen LogP contribution in [0, 0.1) is 5.82 Å². The van der Waals surface area contributed by atoms with Gasteiger partial charge in [-0.25, -0.2) is 17.1 Å². The lowest BCUT2D eigenvalue weighted by Gasteiger charge is -2.34. The molecular formula is C12H12FN3O3S. The summed E-state index contributed by atoms with van der Waals surface area (Å²) < 4.78 is 42.5. The van der Waals surface area contributed by atoms with Gasteiger partial charge >= 0.3 is 0 Å². The van der Waals surface area contributed by atoms with E-state index in [1.165, 1.54) is 10.4 Å². The lowest BCUT2D eigenvalue weighted by atomic mass is 10.0. The van der Waals surface area contributed by atoms with Gasteiger partial charge in [-0.1, -0.05) is 17.3 Å². The molecular weight excluding hydrogens is 285 g/mol. The minimum absolute atomic E-state index is 0.127. The number of hydrogen-bond donors (Lipinski definition) is 0. The monoisotopic (exact) mass is 297 g/mol. The maximum absolute atomic E-state index is 13.6. The van der Waals surface area contributed by atoms with E-state index in [2.05, 4.69) is 10.1 Å². The first kappa shape index (κ1) is 13.2. The SMILES string of the molecule is CS(=O)(=O)N1CC(c2nc(-c3ccccc3F)no2)C1. The van der Waals surface area contributed by atoms with Crippen molar-refractivity contribution in [1.82, 2.24) is 14.4 Å². The molecule has 0 saturated carbocycles. The third kappa shape index (κ3) is 2.32. The van der Waals surface area contributed by atoms with Crippen LogP contribution in [0.2, 0.25) is 0 Å². The maximum atomic E-state index is 13.6. The van der Waals surface area contributed by atoms with Crippen molar-refractivity contribution >= 4 is 10.0 Å². The highest BCUT2D eigenvalue weighted by Gasteiger charge is 2.37. The molecule has 2 heterocycles. The molecule has 1 saturated heterocycles. The van der Waals surface area contributed by atoms with Crippen molar-refractivity contribution in [2.45, 2.75) is 5.92 Å². The van der Waals surface area contributed by atoms with Gasteiger partial charge in [0.15, 0.2) is 0 Å². The fraction of sp³-hybridized carbons (Fsp3) is 0.333. The Bertz CT molecular complexity index is 738. The molecule has 8 heteroatoms. The highest BCUT2D eigenvalue weighted by molar-refractivity contribution is 7.88. The van der Waals surface area contributed by atoms with Crippen LogP contribution < -0.4 is 0 Å². The predicted molar refractivity (Wildman–Crippen MR) is 68.8 cm³/mol. The lowest BCUT2D eigenvalue weighted by molar-refractivity contribution is 0.218. The van der Waals surface area contributed by atoms with Crippen molar-refractivity contribution in [3.05, 3.63) is 36.0 Å². The summed E-state index contributed by atoms with van der Waals surface area (Å²) in [7, 11) is -3.18. The van der Waals surface area contributed by atoms with Gasteiger partial charge in [-0.3, -0.25) is 0 Å². The fourth-order valence-electron chi connectivity index (χ4n) is 2.02. The van der Waals surface area contributed by atoms with E-state index < -0.39 is 15.8 Å². The standard InChI is InChI=1S/C12H12FN3O3S/c1-20(17,18)16-6-8(7-16)12-14-11(15-19-12)9-4-2-3-5-10(9)13/h2-5,8H,6-7H2,1H3. The fourth-order valence-corrected chi connectivity index (χ4v) is 2.92. The van der Waals surface area contributed by atoms with E-state index in [9.17, 15) is 12.8 Å². The van der Waals surface area contributed by atoms with Gasteiger partial charge in [0.25, 0.3) is 0 Å². The largest absolute Gasteiger partial charge is 0.339 e. The summed E-state index contributed by atoms with van der Waals surface area (Å²) in [5, 5.41) is 3.74.